The molecule has 1 amide bonds. The summed E-state index contributed by atoms with van der Waals surface area (Å²) in [5.74, 6) is 0.224. The van der Waals surface area contributed by atoms with Gasteiger partial charge in [0.2, 0.25) is 5.88 Å². The van der Waals surface area contributed by atoms with Gasteiger partial charge in [-0.25, -0.2) is 4.98 Å². The molecule has 0 aliphatic rings. The van der Waals surface area contributed by atoms with Crippen LogP contribution in [-0.2, 0) is 4.74 Å². The van der Waals surface area contributed by atoms with Crippen molar-refractivity contribution in [2.24, 2.45) is 0 Å². The number of aromatic nitrogens is 1. The molecule has 0 atom stereocenters. The van der Waals surface area contributed by atoms with Crippen LogP contribution in [0.15, 0.2) is 18.3 Å². The van der Waals surface area contributed by atoms with E-state index in [4.69, 9.17) is 9.47 Å². The molecule has 0 unspecified atom stereocenters. The zero-order valence-electron chi connectivity index (χ0n) is 12.4. The summed E-state index contributed by atoms with van der Waals surface area (Å²) in [5.41, 5.74) is 0.473. The number of ether oxygens (including phenoxy) is 2. The second-order valence-corrected chi connectivity index (χ2v) is 4.36. The number of rotatable bonds is 10. The summed E-state index contributed by atoms with van der Waals surface area (Å²) in [4.78, 5) is 16.1. The van der Waals surface area contributed by atoms with E-state index in [2.05, 4.69) is 17.2 Å². The van der Waals surface area contributed by atoms with Crippen molar-refractivity contribution in [3.05, 3.63) is 23.9 Å². The van der Waals surface area contributed by atoms with Crippen LogP contribution in [0.5, 0.6) is 5.88 Å². The highest BCUT2D eigenvalue weighted by Gasteiger charge is 2.12. The number of hydrogen-bond donors (Lipinski definition) is 1. The third kappa shape index (κ3) is 6.02. The molecule has 112 valence electrons. The van der Waals surface area contributed by atoms with Crippen molar-refractivity contribution in [3.63, 3.8) is 0 Å². The second-order valence-electron chi connectivity index (χ2n) is 4.36. The van der Waals surface area contributed by atoms with E-state index in [1.54, 1.807) is 18.3 Å². The molecule has 5 heteroatoms. The van der Waals surface area contributed by atoms with Gasteiger partial charge in [-0.05, 0) is 31.9 Å². The van der Waals surface area contributed by atoms with Gasteiger partial charge in [0.15, 0.2) is 0 Å². The lowest BCUT2D eigenvalue weighted by atomic mass is 10.2. The van der Waals surface area contributed by atoms with E-state index >= 15 is 0 Å². The largest absolute Gasteiger partial charge is 0.477 e. The summed E-state index contributed by atoms with van der Waals surface area (Å²) in [6, 6.07) is 3.44. The van der Waals surface area contributed by atoms with Gasteiger partial charge in [0.05, 0.1) is 6.61 Å². The van der Waals surface area contributed by atoms with Crippen molar-refractivity contribution < 1.29 is 14.3 Å². The number of carbonyl (C=O) groups is 1. The van der Waals surface area contributed by atoms with Crippen LogP contribution in [0, 0.1) is 0 Å². The highest BCUT2D eigenvalue weighted by molar-refractivity contribution is 5.96. The quantitative estimate of drug-likeness (QED) is 0.669. The van der Waals surface area contributed by atoms with Gasteiger partial charge in [0.25, 0.3) is 5.91 Å². The molecule has 0 bridgehead atoms. The van der Waals surface area contributed by atoms with Gasteiger partial charge in [-0.1, -0.05) is 13.3 Å². The SMILES string of the molecule is CCCCOCCCNC(=O)c1cccnc1OCC. The molecule has 20 heavy (non-hydrogen) atoms. The molecule has 1 heterocycles. The summed E-state index contributed by atoms with van der Waals surface area (Å²) < 4.78 is 10.8. The van der Waals surface area contributed by atoms with E-state index < -0.39 is 0 Å². The molecular weight excluding hydrogens is 256 g/mol. The number of unbranched alkanes of at least 4 members (excludes halogenated alkanes) is 1. The molecule has 0 aliphatic heterocycles. The van der Waals surface area contributed by atoms with Crippen molar-refractivity contribution in [2.75, 3.05) is 26.4 Å². The van der Waals surface area contributed by atoms with Gasteiger partial charge in [0.1, 0.15) is 5.56 Å². The van der Waals surface area contributed by atoms with Crippen molar-refractivity contribution in [1.82, 2.24) is 10.3 Å². The Balaban J connectivity index is 2.29. The van der Waals surface area contributed by atoms with Crippen molar-refractivity contribution in [2.45, 2.75) is 33.1 Å². The Bertz CT molecular complexity index is 396. The zero-order valence-corrected chi connectivity index (χ0v) is 12.4. The Morgan fingerprint density at radius 3 is 2.85 bits per heavy atom. The predicted octanol–water partition coefficient (Wildman–Crippen LogP) is 2.42. The summed E-state index contributed by atoms with van der Waals surface area (Å²) in [5, 5.41) is 2.85. The Labute approximate surface area is 120 Å². The van der Waals surface area contributed by atoms with Crippen LogP contribution >= 0.6 is 0 Å². The minimum Gasteiger partial charge on any atom is -0.477 e. The first-order valence-electron chi connectivity index (χ1n) is 7.23. The van der Waals surface area contributed by atoms with Gasteiger partial charge >= 0.3 is 0 Å². The minimum atomic E-state index is -0.157. The fraction of sp³-hybridized carbons (Fsp3) is 0.600. The lowest BCUT2D eigenvalue weighted by Gasteiger charge is -2.09. The number of nitrogens with one attached hydrogen (secondary N) is 1. The highest BCUT2D eigenvalue weighted by Crippen LogP contribution is 2.13. The number of nitrogens with zero attached hydrogens (tertiary/aromatic N) is 1. The summed E-state index contributed by atoms with van der Waals surface area (Å²) in [6.45, 7) is 6.54. The van der Waals surface area contributed by atoms with E-state index in [1.165, 1.54) is 0 Å². The standard InChI is InChI=1S/C15H24N2O3/c1-3-5-11-19-12-7-10-16-14(18)13-8-6-9-17-15(13)20-4-2/h6,8-9H,3-5,7,10-12H2,1-2H3,(H,16,18). The summed E-state index contributed by atoms with van der Waals surface area (Å²) >= 11 is 0. The minimum absolute atomic E-state index is 0.157. The molecule has 0 radical (unpaired) electrons. The van der Waals surface area contributed by atoms with E-state index in [0.717, 1.165) is 25.9 Å². The number of pyridine rings is 1. The molecule has 0 spiro atoms. The lowest BCUT2D eigenvalue weighted by molar-refractivity contribution is 0.0936. The van der Waals surface area contributed by atoms with Crippen LogP contribution < -0.4 is 10.1 Å². The fourth-order valence-electron chi connectivity index (χ4n) is 1.64. The van der Waals surface area contributed by atoms with E-state index in [-0.39, 0.29) is 5.91 Å². The van der Waals surface area contributed by atoms with Crippen LogP contribution in [0.25, 0.3) is 0 Å². The summed E-state index contributed by atoms with van der Waals surface area (Å²) in [6.07, 6.45) is 4.64. The van der Waals surface area contributed by atoms with Crippen LogP contribution in [-0.4, -0.2) is 37.3 Å². The average Bonchev–Trinajstić information content (AvgIpc) is 2.47. The molecule has 1 N–H and O–H groups in total. The maximum absolute atomic E-state index is 12.0. The predicted molar refractivity (Wildman–Crippen MR) is 78.1 cm³/mol. The Hall–Kier alpha value is -1.62. The number of hydrogen-bond acceptors (Lipinski definition) is 4. The normalized spacial score (nSPS) is 10.3. The number of carbonyl (C=O) groups excluding carboxylic acids is 1. The van der Waals surface area contributed by atoms with Crippen molar-refractivity contribution >= 4 is 5.91 Å². The van der Waals surface area contributed by atoms with Crippen LogP contribution in [0.4, 0.5) is 0 Å². The van der Waals surface area contributed by atoms with Crippen molar-refractivity contribution in [1.29, 1.82) is 0 Å². The fourth-order valence-corrected chi connectivity index (χ4v) is 1.64. The smallest absolute Gasteiger partial charge is 0.256 e. The molecule has 5 nitrogen and oxygen atoms in total. The first kappa shape index (κ1) is 16.4. The number of amides is 1. The van der Waals surface area contributed by atoms with Gasteiger partial charge in [-0.15, -0.1) is 0 Å². The van der Waals surface area contributed by atoms with Gasteiger partial charge in [-0.3, -0.25) is 4.79 Å². The monoisotopic (exact) mass is 280 g/mol. The van der Waals surface area contributed by atoms with Gasteiger partial charge in [-0.2, -0.15) is 0 Å². The molecular formula is C15H24N2O3. The van der Waals surface area contributed by atoms with E-state index in [9.17, 15) is 4.79 Å². The molecule has 0 fully saturated rings. The Kier molecular flexibility index (Phi) is 8.38. The molecule has 0 aliphatic carbocycles. The molecule has 1 aromatic heterocycles. The van der Waals surface area contributed by atoms with Gasteiger partial charge in [0, 0.05) is 26.0 Å². The maximum Gasteiger partial charge on any atom is 0.256 e. The molecule has 1 aromatic rings. The van der Waals surface area contributed by atoms with E-state index in [1.807, 2.05) is 6.92 Å². The first-order chi connectivity index (χ1) is 9.79. The Morgan fingerprint density at radius 1 is 1.30 bits per heavy atom. The second kappa shape index (κ2) is 10.2. The third-order valence-electron chi connectivity index (χ3n) is 2.69. The molecule has 1 rings (SSSR count). The van der Waals surface area contributed by atoms with Crippen molar-refractivity contribution in [3.8, 4) is 5.88 Å². The molecule has 0 aromatic carbocycles. The Morgan fingerprint density at radius 2 is 2.10 bits per heavy atom. The third-order valence-corrected chi connectivity index (χ3v) is 2.69. The lowest BCUT2D eigenvalue weighted by Crippen LogP contribution is -2.26. The molecule has 0 saturated heterocycles. The molecule has 0 saturated carbocycles. The van der Waals surface area contributed by atoms with Gasteiger partial charge < -0.3 is 14.8 Å². The van der Waals surface area contributed by atoms with E-state index in [0.29, 0.717) is 31.2 Å². The maximum atomic E-state index is 12.0. The van der Waals surface area contributed by atoms with Crippen LogP contribution in [0.2, 0.25) is 0 Å². The van der Waals surface area contributed by atoms with Crippen LogP contribution in [0.3, 0.4) is 0 Å². The van der Waals surface area contributed by atoms with Crippen LogP contribution in [0.1, 0.15) is 43.5 Å². The zero-order chi connectivity index (χ0) is 14.6. The topological polar surface area (TPSA) is 60.5 Å². The average molecular weight is 280 g/mol. The highest BCUT2D eigenvalue weighted by atomic mass is 16.5. The first-order valence-corrected chi connectivity index (χ1v) is 7.23. The summed E-state index contributed by atoms with van der Waals surface area (Å²) in [7, 11) is 0.